The lowest BCUT2D eigenvalue weighted by molar-refractivity contribution is 0.851. The second-order valence-corrected chi connectivity index (χ2v) is 6.39. The van der Waals surface area contributed by atoms with Gasteiger partial charge in [-0.05, 0) is 30.9 Å². The highest BCUT2D eigenvalue weighted by Gasteiger charge is 2.16. The van der Waals surface area contributed by atoms with Crippen LogP contribution in [0.3, 0.4) is 0 Å². The van der Waals surface area contributed by atoms with Crippen molar-refractivity contribution in [2.24, 2.45) is 0 Å². The number of fused-ring (bicyclic) bond motifs is 1. The lowest BCUT2D eigenvalue weighted by atomic mass is 10.1. The number of nitrogens with zero attached hydrogens (tertiary/aromatic N) is 5. The molecule has 0 amide bonds. The summed E-state index contributed by atoms with van der Waals surface area (Å²) >= 11 is 11.1. The molecule has 0 bridgehead atoms. The van der Waals surface area contributed by atoms with Gasteiger partial charge in [-0.2, -0.15) is 19.5 Å². The summed E-state index contributed by atoms with van der Waals surface area (Å²) in [6.07, 6.45) is 1.87. The summed E-state index contributed by atoms with van der Waals surface area (Å²) in [6, 6.07) is 3.76. The van der Waals surface area contributed by atoms with Crippen molar-refractivity contribution in [3.63, 3.8) is 0 Å². The quantitative estimate of drug-likeness (QED) is 0.682. The zero-order valence-electron chi connectivity index (χ0n) is 11.1. The van der Waals surface area contributed by atoms with Crippen molar-refractivity contribution in [2.45, 2.75) is 12.1 Å². The molecule has 0 saturated carbocycles. The van der Waals surface area contributed by atoms with E-state index >= 15 is 0 Å². The van der Waals surface area contributed by atoms with Gasteiger partial charge in [0.1, 0.15) is 0 Å². The average Bonchev–Trinajstić information content (AvgIpc) is 2.81. The van der Waals surface area contributed by atoms with Crippen LogP contribution in [-0.2, 0) is 0 Å². The van der Waals surface area contributed by atoms with Crippen LogP contribution in [0.15, 0.2) is 21.8 Å². The highest BCUT2D eigenvalue weighted by Crippen LogP contribution is 2.32. The van der Waals surface area contributed by atoms with Crippen LogP contribution >= 0.6 is 39.3 Å². The lowest BCUT2D eigenvalue weighted by Gasteiger charge is -2.04. The van der Waals surface area contributed by atoms with Crippen molar-refractivity contribution in [2.75, 3.05) is 12.0 Å². The number of halogens is 2. The third-order valence-corrected chi connectivity index (χ3v) is 4.17. The summed E-state index contributed by atoms with van der Waals surface area (Å²) in [7, 11) is 0. The minimum absolute atomic E-state index is 0.244. The second kappa shape index (κ2) is 5.43. The van der Waals surface area contributed by atoms with E-state index < -0.39 is 0 Å². The van der Waals surface area contributed by atoms with Gasteiger partial charge in [-0.3, -0.25) is 0 Å². The third-order valence-electron chi connectivity index (χ3n) is 2.87. The van der Waals surface area contributed by atoms with Crippen LogP contribution in [0.25, 0.3) is 17.2 Å². The molecular formula is C12H10BrClN6S. The highest BCUT2D eigenvalue weighted by atomic mass is 79.9. The van der Waals surface area contributed by atoms with E-state index in [9.17, 15) is 0 Å². The van der Waals surface area contributed by atoms with Crippen molar-refractivity contribution >= 4 is 51.0 Å². The number of thioether (sulfide) groups is 1. The maximum Gasteiger partial charge on any atom is 0.258 e. The first-order chi connectivity index (χ1) is 9.99. The number of anilines is 1. The van der Waals surface area contributed by atoms with Gasteiger partial charge in [0.15, 0.2) is 11.0 Å². The topological polar surface area (TPSA) is 82.0 Å². The Hall–Kier alpha value is -1.38. The van der Waals surface area contributed by atoms with Gasteiger partial charge >= 0.3 is 0 Å². The minimum atomic E-state index is 0.244. The van der Waals surface area contributed by atoms with Crippen molar-refractivity contribution in [3.05, 3.63) is 27.2 Å². The number of aromatic nitrogens is 5. The van der Waals surface area contributed by atoms with Gasteiger partial charge in [0.2, 0.25) is 5.95 Å². The van der Waals surface area contributed by atoms with Gasteiger partial charge < -0.3 is 5.73 Å². The number of aryl methyl sites for hydroxylation is 1. The number of benzene rings is 1. The summed E-state index contributed by atoms with van der Waals surface area (Å²) in [5.41, 5.74) is 7.60. The Balaban J connectivity index is 2.25. The zero-order chi connectivity index (χ0) is 15.1. The van der Waals surface area contributed by atoms with Crippen LogP contribution in [0, 0.1) is 6.92 Å². The van der Waals surface area contributed by atoms with Crippen LogP contribution < -0.4 is 5.73 Å². The Labute approximate surface area is 138 Å². The molecule has 6 nitrogen and oxygen atoms in total. The monoisotopic (exact) mass is 384 g/mol. The molecule has 3 aromatic rings. The van der Waals surface area contributed by atoms with E-state index in [1.165, 1.54) is 16.3 Å². The molecule has 0 aliphatic heterocycles. The Kier molecular flexibility index (Phi) is 3.76. The number of nitrogen functional groups attached to an aromatic ring is 1. The Morgan fingerprint density at radius 1 is 1.29 bits per heavy atom. The summed E-state index contributed by atoms with van der Waals surface area (Å²) in [4.78, 5) is 12.8. The molecule has 3 rings (SSSR count). The highest BCUT2D eigenvalue weighted by molar-refractivity contribution is 9.10. The maximum atomic E-state index is 6.30. The first-order valence-corrected chi connectivity index (χ1v) is 8.29. The molecule has 0 fully saturated rings. The van der Waals surface area contributed by atoms with Gasteiger partial charge in [0.05, 0.1) is 5.02 Å². The molecule has 0 saturated heterocycles. The standard InChI is InChI=1S/C12H10BrClN6S/c1-5-3-6(13)4-7(14)8(5)9-16-11-18-12(21-2)17-10(15)20(11)19-9/h3-4H,1-2H3,(H2,15,16,17,18,19). The molecule has 0 spiro atoms. The van der Waals surface area contributed by atoms with Crippen molar-refractivity contribution in [1.29, 1.82) is 0 Å². The smallest absolute Gasteiger partial charge is 0.258 e. The number of nitrogens with two attached hydrogens (primary N) is 1. The Morgan fingerprint density at radius 3 is 2.71 bits per heavy atom. The van der Waals surface area contributed by atoms with E-state index in [2.05, 4.69) is 36.0 Å². The Bertz CT molecular complexity index is 826. The van der Waals surface area contributed by atoms with Crippen LogP contribution in [-0.4, -0.2) is 30.8 Å². The van der Waals surface area contributed by atoms with Gasteiger partial charge in [0.25, 0.3) is 5.78 Å². The molecule has 108 valence electrons. The van der Waals surface area contributed by atoms with E-state index in [4.69, 9.17) is 17.3 Å². The summed E-state index contributed by atoms with van der Waals surface area (Å²) in [6.45, 7) is 1.94. The van der Waals surface area contributed by atoms with Gasteiger partial charge in [0, 0.05) is 10.0 Å². The molecule has 0 unspecified atom stereocenters. The molecule has 2 N–H and O–H groups in total. The van der Waals surface area contributed by atoms with E-state index in [0.717, 1.165) is 15.6 Å². The molecule has 2 aromatic heterocycles. The fourth-order valence-electron chi connectivity index (χ4n) is 1.97. The normalized spacial score (nSPS) is 11.2. The largest absolute Gasteiger partial charge is 0.368 e. The molecule has 0 atom stereocenters. The van der Waals surface area contributed by atoms with Crippen molar-refractivity contribution in [1.82, 2.24) is 24.6 Å². The molecular weight excluding hydrogens is 376 g/mol. The van der Waals surface area contributed by atoms with Gasteiger partial charge in [-0.15, -0.1) is 5.10 Å². The fourth-order valence-corrected chi connectivity index (χ4v) is 3.38. The minimum Gasteiger partial charge on any atom is -0.368 e. The van der Waals surface area contributed by atoms with Crippen LogP contribution in [0.1, 0.15) is 5.56 Å². The SMILES string of the molecule is CSc1nc(N)n2nc(-c3c(C)cc(Br)cc3Cl)nc2n1. The second-order valence-electron chi connectivity index (χ2n) is 4.30. The summed E-state index contributed by atoms with van der Waals surface area (Å²) in [5.74, 6) is 1.12. The summed E-state index contributed by atoms with van der Waals surface area (Å²) in [5, 5.41) is 5.47. The lowest BCUT2D eigenvalue weighted by Crippen LogP contribution is -2.04. The van der Waals surface area contributed by atoms with Crippen LogP contribution in [0.2, 0.25) is 5.02 Å². The molecule has 2 heterocycles. The first kappa shape index (κ1) is 14.6. The molecule has 21 heavy (non-hydrogen) atoms. The predicted molar refractivity (Wildman–Crippen MR) is 87.7 cm³/mol. The van der Waals surface area contributed by atoms with E-state index in [-0.39, 0.29) is 5.95 Å². The van der Waals surface area contributed by atoms with Crippen molar-refractivity contribution < 1.29 is 0 Å². The zero-order valence-corrected chi connectivity index (χ0v) is 14.3. The number of hydrogen-bond donors (Lipinski definition) is 1. The average molecular weight is 386 g/mol. The number of rotatable bonds is 2. The predicted octanol–water partition coefficient (Wildman–Crippen LogP) is 3.21. The van der Waals surface area contributed by atoms with Crippen molar-refractivity contribution in [3.8, 4) is 11.4 Å². The van der Waals surface area contributed by atoms with Crippen LogP contribution in [0.4, 0.5) is 5.95 Å². The van der Waals surface area contributed by atoms with Crippen LogP contribution in [0.5, 0.6) is 0 Å². The molecule has 1 aromatic carbocycles. The van der Waals surface area contributed by atoms with E-state index in [0.29, 0.717) is 21.8 Å². The molecule has 0 aliphatic carbocycles. The summed E-state index contributed by atoms with van der Waals surface area (Å²) < 4.78 is 2.31. The molecule has 0 aliphatic rings. The third kappa shape index (κ3) is 2.58. The molecule has 0 radical (unpaired) electrons. The fraction of sp³-hybridized carbons (Fsp3) is 0.167. The molecule has 9 heteroatoms. The number of hydrogen-bond acceptors (Lipinski definition) is 6. The van der Waals surface area contributed by atoms with Gasteiger partial charge in [-0.1, -0.05) is 39.3 Å². The maximum absolute atomic E-state index is 6.30. The first-order valence-electron chi connectivity index (χ1n) is 5.90. The van der Waals surface area contributed by atoms with E-state index in [1.54, 1.807) is 6.07 Å². The van der Waals surface area contributed by atoms with E-state index in [1.807, 2.05) is 19.2 Å². The van der Waals surface area contributed by atoms with Gasteiger partial charge in [-0.25, -0.2) is 0 Å². The Morgan fingerprint density at radius 2 is 2.05 bits per heavy atom.